The number of hydrogen-bond donors (Lipinski definition) is 5. The highest BCUT2D eigenvalue weighted by molar-refractivity contribution is 6.30. The van der Waals surface area contributed by atoms with E-state index in [1.165, 1.54) is 0 Å². The summed E-state index contributed by atoms with van der Waals surface area (Å²) >= 11 is 5.80. The average molecular weight is 317 g/mol. The number of benzene rings is 1. The van der Waals surface area contributed by atoms with Gasteiger partial charge >= 0.3 is 0 Å². The Hall–Kier alpha value is -2.55. The van der Waals surface area contributed by atoms with E-state index in [1.54, 1.807) is 4.90 Å². The number of halogens is 1. The van der Waals surface area contributed by atoms with Crippen LogP contribution in [0.5, 0.6) is 0 Å². The third-order valence-corrected chi connectivity index (χ3v) is 2.49. The molecule has 116 valence electrons. The minimum atomic E-state index is -1.50. The zero-order valence-electron chi connectivity index (χ0n) is 11.3. The molecule has 0 heterocycles. The van der Waals surface area contributed by atoms with Crippen molar-refractivity contribution in [2.75, 3.05) is 6.54 Å². The molecule has 0 aromatic heterocycles. The van der Waals surface area contributed by atoms with Gasteiger partial charge in [0.25, 0.3) is 5.09 Å². The lowest BCUT2D eigenvalue weighted by Crippen LogP contribution is -2.45. The molecule has 0 atom stereocenters. The van der Waals surface area contributed by atoms with E-state index in [0.717, 1.165) is 5.56 Å². The summed E-state index contributed by atoms with van der Waals surface area (Å²) in [6, 6.07) is 7.44. The van der Waals surface area contributed by atoms with Gasteiger partial charge in [0, 0.05) is 18.1 Å². The molecular formula is C11H17ClN6O3. The fourth-order valence-electron chi connectivity index (χ4n) is 1.37. The first-order valence-corrected chi connectivity index (χ1v) is 6.16. The highest BCUT2D eigenvalue weighted by Gasteiger charge is 2.08. The Balaban J connectivity index is 0.000000885. The van der Waals surface area contributed by atoms with E-state index in [4.69, 9.17) is 43.5 Å². The van der Waals surface area contributed by atoms with E-state index in [0.29, 0.717) is 18.1 Å². The van der Waals surface area contributed by atoms with E-state index in [2.05, 4.69) is 5.32 Å². The fraction of sp³-hybridized carbons (Fsp3) is 0.273. The van der Waals surface area contributed by atoms with Gasteiger partial charge < -0.3 is 15.8 Å². The van der Waals surface area contributed by atoms with E-state index in [9.17, 15) is 0 Å². The topological polar surface area (TPSA) is 152 Å². The lowest BCUT2D eigenvalue weighted by molar-refractivity contribution is -0.742. The Morgan fingerprint density at radius 1 is 1.48 bits per heavy atom. The van der Waals surface area contributed by atoms with Gasteiger partial charge in [-0.25, -0.2) is 0 Å². The summed E-state index contributed by atoms with van der Waals surface area (Å²) in [5.41, 5.74) is 6.23. The minimum absolute atomic E-state index is 0.120. The molecule has 0 aliphatic carbocycles. The first kappa shape index (κ1) is 18.4. The normalized spacial score (nSPS) is 9.05. The van der Waals surface area contributed by atoms with Gasteiger partial charge in [-0.2, -0.15) is 0 Å². The smallest absolute Gasteiger partial charge is 0.291 e. The van der Waals surface area contributed by atoms with Crippen LogP contribution < -0.4 is 11.1 Å². The van der Waals surface area contributed by atoms with Crippen LogP contribution >= 0.6 is 11.6 Å². The summed E-state index contributed by atoms with van der Waals surface area (Å²) in [6.45, 7) is 3.17. The Morgan fingerprint density at radius 3 is 2.33 bits per heavy atom. The van der Waals surface area contributed by atoms with Crippen molar-refractivity contribution in [3.05, 3.63) is 45.0 Å². The van der Waals surface area contributed by atoms with Crippen LogP contribution in [0.15, 0.2) is 24.3 Å². The third kappa shape index (κ3) is 9.05. The molecule has 0 spiro atoms. The van der Waals surface area contributed by atoms with Crippen molar-refractivity contribution >= 4 is 23.5 Å². The summed E-state index contributed by atoms with van der Waals surface area (Å²) in [5, 5.41) is 31.6. The lowest BCUT2D eigenvalue weighted by atomic mass is 10.2. The van der Waals surface area contributed by atoms with Crippen LogP contribution in [0.4, 0.5) is 0 Å². The van der Waals surface area contributed by atoms with Crippen LogP contribution in [0, 0.1) is 20.9 Å². The maximum absolute atomic E-state index is 8.36. The van der Waals surface area contributed by atoms with Crippen molar-refractivity contribution < 1.29 is 10.3 Å². The van der Waals surface area contributed by atoms with Crippen molar-refractivity contribution in [3.63, 3.8) is 0 Å². The minimum Gasteiger partial charge on any atom is -0.370 e. The van der Waals surface area contributed by atoms with Gasteiger partial charge in [0.1, 0.15) is 0 Å². The Kier molecular flexibility index (Phi) is 8.23. The summed E-state index contributed by atoms with van der Waals surface area (Å²) in [4.78, 5) is 10.1. The zero-order chi connectivity index (χ0) is 16.4. The van der Waals surface area contributed by atoms with Crippen LogP contribution in [-0.4, -0.2) is 33.7 Å². The quantitative estimate of drug-likeness (QED) is 0.245. The molecule has 9 nitrogen and oxygen atoms in total. The van der Waals surface area contributed by atoms with Crippen molar-refractivity contribution in [1.29, 1.82) is 10.8 Å². The number of nitrogens with one attached hydrogen (secondary N) is 3. The second-order valence-electron chi connectivity index (χ2n) is 3.77. The van der Waals surface area contributed by atoms with Gasteiger partial charge in [0.2, 0.25) is 0 Å². The first-order valence-electron chi connectivity index (χ1n) is 5.78. The third-order valence-electron chi connectivity index (χ3n) is 2.24. The van der Waals surface area contributed by atoms with Crippen molar-refractivity contribution in [3.8, 4) is 0 Å². The van der Waals surface area contributed by atoms with Crippen molar-refractivity contribution in [2.24, 2.45) is 5.73 Å². The van der Waals surface area contributed by atoms with Crippen molar-refractivity contribution in [1.82, 2.24) is 10.2 Å². The number of nitrogens with two attached hydrogens (primary N) is 1. The fourth-order valence-corrected chi connectivity index (χ4v) is 1.49. The molecule has 0 bridgehead atoms. The molecule has 0 saturated carbocycles. The molecule has 21 heavy (non-hydrogen) atoms. The molecule has 6 N–H and O–H groups in total. The van der Waals surface area contributed by atoms with Gasteiger partial charge in [-0.15, -0.1) is 10.1 Å². The summed E-state index contributed by atoms with van der Waals surface area (Å²) in [6.07, 6.45) is 0. The van der Waals surface area contributed by atoms with Gasteiger partial charge in [-0.3, -0.25) is 16.1 Å². The molecular weight excluding hydrogens is 300 g/mol. The zero-order valence-corrected chi connectivity index (χ0v) is 12.1. The summed E-state index contributed by atoms with van der Waals surface area (Å²) in [7, 11) is 0. The largest absolute Gasteiger partial charge is 0.370 e. The monoisotopic (exact) mass is 316 g/mol. The van der Waals surface area contributed by atoms with Gasteiger partial charge in [0.05, 0.1) is 0 Å². The molecule has 1 rings (SSSR count). The lowest BCUT2D eigenvalue weighted by Gasteiger charge is -2.23. The van der Waals surface area contributed by atoms with Gasteiger partial charge in [0.15, 0.2) is 11.9 Å². The first-order chi connectivity index (χ1) is 9.76. The average Bonchev–Trinajstić information content (AvgIpc) is 2.36. The van der Waals surface area contributed by atoms with Crippen LogP contribution in [0.25, 0.3) is 0 Å². The molecule has 0 saturated heterocycles. The van der Waals surface area contributed by atoms with E-state index in [-0.39, 0.29) is 11.9 Å². The highest BCUT2D eigenvalue weighted by Crippen LogP contribution is 2.11. The van der Waals surface area contributed by atoms with Gasteiger partial charge in [-0.05, 0) is 24.6 Å². The number of nitrogens with zero attached hydrogens (tertiary/aromatic N) is 2. The number of hydrogen-bond acceptors (Lipinski definition) is 4. The molecule has 0 aliphatic heterocycles. The summed E-state index contributed by atoms with van der Waals surface area (Å²) in [5.74, 6) is -0.112. The molecule has 0 radical (unpaired) electrons. The molecule has 0 aliphatic rings. The molecule has 0 unspecified atom stereocenters. The maximum Gasteiger partial charge on any atom is 0.291 e. The molecule has 10 heteroatoms. The predicted octanol–water partition coefficient (Wildman–Crippen LogP) is 1.23. The second kappa shape index (κ2) is 9.37. The van der Waals surface area contributed by atoms with E-state index < -0.39 is 5.09 Å². The molecule has 1 aromatic carbocycles. The summed E-state index contributed by atoms with van der Waals surface area (Å²) < 4.78 is 0. The van der Waals surface area contributed by atoms with Crippen LogP contribution in [0.3, 0.4) is 0 Å². The number of rotatable bonds is 3. The Morgan fingerprint density at radius 2 is 1.95 bits per heavy atom. The maximum atomic E-state index is 8.36. The SMILES string of the molecule is CCN(Cc1ccc(Cl)cc1)C(=N)NC(=N)N.O=[N+]([O-])O. The van der Waals surface area contributed by atoms with Crippen LogP contribution in [0.1, 0.15) is 12.5 Å². The van der Waals surface area contributed by atoms with E-state index >= 15 is 0 Å². The Bertz CT molecular complexity index is 489. The number of guanidine groups is 2. The molecule has 1 aromatic rings. The molecule has 0 amide bonds. The predicted molar refractivity (Wildman–Crippen MR) is 79.1 cm³/mol. The van der Waals surface area contributed by atoms with E-state index in [1.807, 2.05) is 31.2 Å². The molecule has 0 fully saturated rings. The van der Waals surface area contributed by atoms with Crippen molar-refractivity contribution in [2.45, 2.75) is 13.5 Å². The van der Waals surface area contributed by atoms with Crippen LogP contribution in [0.2, 0.25) is 5.02 Å². The van der Waals surface area contributed by atoms with Crippen LogP contribution in [-0.2, 0) is 6.54 Å². The second-order valence-corrected chi connectivity index (χ2v) is 4.20. The van der Waals surface area contributed by atoms with Gasteiger partial charge in [-0.1, -0.05) is 23.7 Å². The Labute approximate surface area is 126 Å². The highest BCUT2D eigenvalue weighted by atomic mass is 35.5. The standard InChI is InChI=1S/C11H16ClN5.HNO3/c1-2-17(11(15)16-10(13)14)7-8-3-5-9(12)6-4-8;2-1(3)4/h3-6H,2,7H2,1H3,(H5,13,14,15,16);(H,2,3,4).